The number of hydrogen-bond acceptors (Lipinski definition) is 4. The molecule has 2 aromatic rings. The topological polar surface area (TPSA) is 99.3 Å². The van der Waals surface area contributed by atoms with E-state index >= 15 is 0 Å². The normalized spacial score (nSPS) is 11.3. The highest BCUT2D eigenvalue weighted by atomic mass is 16.5. The molecule has 1 aromatic carbocycles. The molecule has 7 heteroatoms. The van der Waals surface area contributed by atoms with E-state index in [1.54, 1.807) is 21.0 Å². The Kier molecular flexibility index (Phi) is 4.77. The molecule has 0 aliphatic rings. The highest BCUT2D eigenvalue weighted by Crippen LogP contribution is 2.13. The van der Waals surface area contributed by atoms with Crippen molar-refractivity contribution in [1.29, 1.82) is 0 Å². The molecule has 2 rings (SSSR count). The maximum absolute atomic E-state index is 11.9. The van der Waals surface area contributed by atoms with Crippen LogP contribution < -0.4 is 15.7 Å². The Morgan fingerprint density at radius 1 is 1.36 bits per heavy atom. The lowest BCUT2D eigenvalue weighted by molar-refractivity contribution is -0.120. The minimum absolute atomic E-state index is 0.0282. The zero-order valence-electron chi connectivity index (χ0n) is 12.7. The smallest absolute Gasteiger partial charge is 0.267 e. The lowest BCUT2D eigenvalue weighted by Crippen LogP contribution is -2.24. The number of H-pyrrole nitrogens is 2. The largest absolute Gasteiger partial charge is 0.497 e. The SMILES string of the molecule is COc1cccc(/C(C)=N\NC(=O)Cc2c(C)[nH][nH]c2=O)c1. The molecule has 0 saturated carbocycles. The van der Waals surface area contributed by atoms with Gasteiger partial charge in [-0.05, 0) is 26.0 Å². The molecule has 0 unspecified atom stereocenters. The van der Waals surface area contributed by atoms with Crippen LogP contribution in [0.15, 0.2) is 34.2 Å². The van der Waals surface area contributed by atoms with E-state index in [1.165, 1.54) is 0 Å². The van der Waals surface area contributed by atoms with Crippen molar-refractivity contribution in [2.45, 2.75) is 20.3 Å². The van der Waals surface area contributed by atoms with Crippen molar-refractivity contribution in [3.8, 4) is 5.75 Å². The number of aromatic amines is 2. The Labute approximate surface area is 127 Å². The second kappa shape index (κ2) is 6.75. The zero-order valence-corrected chi connectivity index (χ0v) is 12.7. The van der Waals surface area contributed by atoms with Gasteiger partial charge >= 0.3 is 0 Å². The first-order valence-electron chi connectivity index (χ1n) is 6.75. The van der Waals surface area contributed by atoms with Gasteiger partial charge < -0.3 is 9.84 Å². The van der Waals surface area contributed by atoms with Crippen molar-refractivity contribution in [3.05, 3.63) is 51.4 Å². The van der Waals surface area contributed by atoms with Gasteiger partial charge in [0.25, 0.3) is 5.56 Å². The van der Waals surface area contributed by atoms with Gasteiger partial charge in [-0.2, -0.15) is 5.10 Å². The summed E-state index contributed by atoms with van der Waals surface area (Å²) in [7, 11) is 1.59. The number of hydrazone groups is 1. The number of aryl methyl sites for hydroxylation is 1. The van der Waals surface area contributed by atoms with Crippen molar-refractivity contribution >= 4 is 11.6 Å². The van der Waals surface area contributed by atoms with Gasteiger partial charge in [0.1, 0.15) is 5.75 Å². The van der Waals surface area contributed by atoms with Crippen LogP contribution in [0, 0.1) is 6.92 Å². The Morgan fingerprint density at radius 3 is 2.77 bits per heavy atom. The lowest BCUT2D eigenvalue weighted by atomic mass is 10.1. The minimum Gasteiger partial charge on any atom is -0.497 e. The molecule has 0 saturated heterocycles. The van der Waals surface area contributed by atoms with Crippen molar-refractivity contribution in [2.24, 2.45) is 5.10 Å². The third-order valence-electron chi connectivity index (χ3n) is 3.26. The Hall–Kier alpha value is -2.83. The number of nitrogens with zero attached hydrogens (tertiary/aromatic N) is 1. The Bertz CT molecular complexity index is 758. The van der Waals surface area contributed by atoms with Crippen LogP contribution in [0.5, 0.6) is 5.75 Å². The van der Waals surface area contributed by atoms with Crippen LogP contribution in [0.4, 0.5) is 0 Å². The quantitative estimate of drug-likeness (QED) is 0.569. The monoisotopic (exact) mass is 302 g/mol. The fourth-order valence-electron chi connectivity index (χ4n) is 1.94. The number of nitrogens with one attached hydrogen (secondary N) is 3. The third kappa shape index (κ3) is 3.63. The number of benzene rings is 1. The third-order valence-corrected chi connectivity index (χ3v) is 3.26. The number of rotatable bonds is 5. The van der Waals surface area contributed by atoms with Crippen molar-refractivity contribution in [2.75, 3.05) is 7.11 Å². The molecule has 1 heterocycles. The highest BCUT2D eigenvalue weighted by Gasteiger charge is 2.11. The van der Waals surface area contributed by atoms with E-state index in [-0.39, 0.29) is 17.9 Å². The van der Waals surface area contributed by atoms with Crippen LogP contribution in [0.1, 0.15) is 23.7 Å². The number of amides is 1. The summed E-state index contributed by atoms with van der Waals surface area (Å²) in [5, 5.41) is 9.16. The number of carbonyl (C=O) groups is 1. The second-order valence-corrected chi connectivity index (χ2v) is 4.82. The summed E-state index contributed by atoms with van der Waals surface area (Å²) in [4.78, 5) is 23.4. The number of methoxy groups -OCH3 is 1. The Morgan fingerprint density at radius 2 is 2.14 bits per heavy atom. The van der Waals surface area contributed by atoms with Gasteiger partial charge in [-0.25, -0.2) is 5.43 Å². The predicted molar refractivity (Wildman–Crippen MR) is 83.2 cm³/mol. The number of carbonyl (C=O) groups excluding carboxylic acids is 1. The molecule has 0 atom stereocenters. The summed E-state index contributed by atoms with van der Waals surface area (Å²) in [5.74, 6) is 0.364. The van der Waals surface area contributed by atoms with Crippen LogP contribution >= 0.6 is 0 Å². The van der Waals surface area contributed by atoms with Gasteiger partial charge in [-0.15, -0.1) is 0 Å². The number of hydrogen-bond donors (Lipinski definition) is 3. The second-order valence-electron chi connectivity index (χ2n) is 4.82. The predicted octanol–water partition coefficient (Wildman–Crippen LogP) is 1.10. The van der Waals surface area contributed by atoms with Gasteiger partial charge in [0.15, 0.2) is 0 Å². The first-order chi connectivity index (χ1) is 10.5. The number of aromatic nitrogens is 2. The summed E-state index contributed by atoms with van der Waals surface area (Å²) in [5.41, 5.74) is 4.71. The minimum atomic E-state index is -0.351. The fourth-order valence-corrected chi connectivity index (χ4v) is 1.94. The van der Waals surface area contributed by atoms with E-state index in [0.717, 1.165) is 5.56 Å². The fraction of sp³-hybridized carbons (Fsp3) is 0.267. The van der Waals surface area contributed by atoms with E-state index in [9.17, 15) is 9.59 Å². The highest BCUT2D eigenvalue weighted by molar-refractivity contribution is 5.99. The molecule has 0 radical (unpaired) electrons. The molecule has 1 aromatic heterocycles. The van der Waals surface area contributed by atoms with E-state index in [1.807, 2.05) is 24.3 Å². The lowest BCUT2D eigenvalue weighted by Gasteiger charge is -2.05. The molecule has 0 aliphatic carbocycles. The maximum atomic E-state index is 11.9. The van der Waals surface area contributed by atoms with Gasteiger partial charge in [-0.3, -0.25) is 14.7 Å². The molecule has 7 nitrogen and oxygen atoms in total. The average Bonchev–Trinajstić information content (AvgIpc) is 2.84. The van der Waals surface area contributed by atoms with Crippen LogP contribution in [-0.4, -0.2) is 28.9 Å². The summed E-state index contributed by atoms with van der Waals surface area (Å²) >= 11 is 0. The number of ether oxygens (including phenoxy) is 1. The van der Waals surface area contributed by atoms with Gasteiger partial charge in [0.2, 0.25) is 5.91 Å². The zero-order chi connectivity index (χ0) is 16.1. The summed E-state index contributed by atoms with van der Waals surface area (Å²) in [6.45, 7) is 3.51. The van der Waals surface area contributed by atoms with Crippen molar-refractivity contribution in [3.63, 3.8) is 0 Å². The molecule has 22 heavy (non-hydrogen) atoms. The molecular formula is C15H18N4O3. The first-order valence-corrected chi connectivity index (χ1v) is 6.75. The van der Waals surface area contributed by atoms with E-state index in [4.69, 9.17) is 4.74 Å². The van der Waals surface area contributed by atoms with E-state index in [2.05, 4.69) is 20.7 Å². The molecule has 0 fully saturated rings. The molecule has 0 aliphatic heterocycles. The van der Waals surface area contributed by atoms with Gasteiger partial charge in [0.05, 0.1) is 19.2 Å². The molecule has 3 N–H and O–H groups in total. The van der Waals surface area contributed by atoms with Crippen LogP contribution in [0.25, 0.3) is 0 Å². The first kappa shape index (κ1) is 15.6. The van der Waals surface area contributed by atoms with Crippen LogP contribution in [0.3, 0.4) is 0 Å². The van der Waals surface area contributed by atoms with Crippen LogP contribution in [0.2, 0.25) is 0 Å². The van der Waals surface area contributed by atoms with Gasteiger partial charge in [0, 0.05) is 16.8 Å². The average molecular weight is 302 g/mol. The van der Waals surface area contributed by atoms with E-state index in [0.29, 0.717) is 22.7 Å². The molecule has 1 amide bonds. The van der Waals surface area contributed by atoms with Crippen molar-refractivity contribution < 1.29 is 9.53 Å². The van der Waals surface area contributed by atoms with E-state index < -0.39 is 0 Å². The standard InChI is InChI=1S/C15H18N4O3/c1-9(11-5-4-6-12(7-11)22-3)16-18-14(20)8-13-10(2)17-19-15(13)21/h4-7H,8H2,1-3H3,(H,18,20)(H2,17,19,21)/b16-9-. The summed E-state index contributed by atoms with van der Waals surface area (Å²) < 4.78 is 5.14. The summed E-state index contributed by atoms with van der Waals surface area (Å²) in [6, 6.07) is 7.37. The maximum Gasteiger partial charge on any atom is 0.267 e. The van der Waals surface area contributed by atoms with Gasteiger partial charge in [-0.1, -0.05) is 12.1 Å². The molecule has 0 bridgehead atoms. The summed E-state index contributed by atoms with van der Waals surface area (Å²) in [6.07, 6.45) is -0.0282. The van der Waals surface area contributed by atoms with Crippen molar-refractivity contribution in [1.82, 2.24) is 15.6 Å². The van der Waals surface area contributed by atoms with Crippen LogP contribution in [-0.2, 0) is 11.2 Å². The molecule has 116 valence electrons. The molecular weight excluding hydrogens is 284 g/mol. The molecule has 0 spiro atoms. The Balaban J connectivity index is 2.04.